The number of likely N-dealkylation sites (tertiary alicyclic amines) is 1. The van der Waals surface area contributed by atoms with Crippen molar-refractivity contribution in [3.63, 3.8) is 0 Å². The van der Waals surface area contributed by atoms with Crippen LogP contribution in [0.15, 0.2) is 30.3 Å². The van der Waals surface area contributed by atoms with E-state index in [1.807, 2.05) is 11.0 Å². The van der Waals surface area contributed by atoms with Crippen LogP contribution in [0, 0.1) is 5.92 Å². The minimum absolute atomic E-state index is 0. The SMILES string of the molecule is CCC1CCC(C(=O)N2C[C@@H](CN)[C@H](c3ccccc3)C2)O1.Cl. The van der Waals surface area contributed by atoms with E-state index >= 15 is 0 Å². The van der Waals surface area contributed by atoms with Gasteiger partial charge in [0.15, 0.2) is 0 Å². The van der Waals surface area contributed by atoms with E-state index in [2.05, 4.69) is 31.2 Å². The molecule has 1 aromatic carbocycles. The minimum Gasteiger partial charge on any atom is -0.365 e. The molecule has 5 heteroatoms. The van der Waals surface area contributed by atoms with Gasteiger partial charge in [-0.05, 0) is 37.3 Å². The Labute approximate surface area is 144 Å². The summed E-state index contributed by atoms with van der Waals surface area (Å²) in [6.45, 7) is 4.25. The summed E-state index contributed by atoms with van der Waals surface area (Å²) >= 11 is 0. The topological polar surface area (TPSA) is 55.6 Å². The summed E-state index contributed by atoms with van der Waals surface area (Å²) in [5, 5.41) is 0. The zero-order valence-electron chi connectivity index (χ0n) is 13.7. The highest BCUT2D eigenvalue weighted by Crippen LogP contribution is 2.33. The van der Waals surface area contributed by atoms with Gasteiger partial charge in [0.25, 0.3) is 5.91 Å². The maximum atomic E-state index is 12.7. The molecular formula is C18H27ClN2O2. The van der Waals surface area contributed by atoms with Gasteiger partial charge in [0.1, 0.15) is 6.10 Å². The lowest BCUT2D eigenvalue weighted by molar-refractivity contribution is -0.142. The zero-order chi connectivity index (χ0) is 15.5. The van der Waals surface area contributed by atoms with E-state index in [-0.39, 0.29) is 30.5 Å². The quantitative estimate of drug-likeness (QED) is 0.918. The van der Waals surface area contributed by atoms with Gasteiger partial charge in [0.2, 0.25) is 0 Å². The van der Waals surface area contributed by atoms with Crippen molar-refractivity contribution in [1.82, 2.24) is 4.90 Å². The Balaban J connectivity index is 0.00000192. The molecule has 0 bridgehead atoms. The van der Waals surface area contributed by atoms with E-state index in [1.165, 1.54) is 5.56 Å². The summed E-state index contributed by atoms with van der Waals surface area (Å²) in [5.41, 5.74) is 7.24. The standard InChI is InChI=1S/C18H26N2O2.ClH/c1-2-15-8-9-17(22-15)18(21)20-11-14(10-19)16(12-20)13-6-4-3-5-7-13;/h3-7,14-17H,2,8-12,19H2,1H3;1H/t14-,15?,16+,17?;/m1./s1. The number of ether oxygens (including phenoxy) is 1. The minimum atomic E-state index is -0.238. The van der Waals surface area contributed by atoms with Crippen molar-refractivity contribution in [3.8, 4) is 0 Å². The number of carbonyl (C=O) groups is 1. The molecule has 0 aromatic heterocycles. The molecule has 0 saturated carbocycles. The molecule has 2 N–H and O–H groups in total. The summed E-state index contributed by atoms with van der Waals surface area (Å²) in [6.07, 6.45) is 2.87. The first kappa shape index (κ1) is 18.2. The normalized spacial score (nSPS) is 30.3. The van der Waals surface area contributed by atoms with Gasteiger partial charge in [-0.15, -0.1) is 12.4 Å². The molecule has 2 fully saturated rings. The number of benzene rings is 1. The smallest absolute Gasteiger partial charge is 0.251 e. The molecule has 1 aromatic rings. The molecule has 4 atom stereocenters. The Hall–Kier alpha value is -1.10. The van der Waals surface area contributed by atoms with Crippen LogP contribution in [0.4, 0.5) is 0 Å². The molecule has 23 heavy (non-hydrogen) atoms. The Morgan fingerprint density at radius 2 is 2.00 bits per heavy atom. The van der Waals surface area contributed by atoms with Crippen molar-refractivity contribution in [2.75, 3.05) is 19.6 Å². The zero-order valence-corrected chi connectivity index (χ0v) is 14.5. The molecule has 0 aliphatic carbocycles. The van der Waals surface area contributed by atoms with Crippen LogP contribution < -0.4 is 5.73 Å². The van der Waals surface area contributed by atoms with E-state index < -0.39 is 0 Å². The Morgan fingerprint density at radius 3 is 2.61 bits per heavy atom. The summed E-state index contributed by atoms with van der Waals surface area (Å²) < 4.78 is 5.87. The highest BCUT2D eigenvalue weighted by molar-refractivity contribution is 5.85. The molecule has 128 valence electrons. The van der Waals surface area contributed by atoms with Gasteiger partial charge in [0, 0.05) is 19.0 Å². The first-order chi connectivity index (χ1) is 10.7. The van der Waals surface area contributed by atoms with E-state index in [9.17, 15) is 4.79 Å². The third-order valence-electron chi connectivity index (χ3n) is 5.12. The summed E-state index contributed by atoms with van der Waals surface area (Å²) in [5.74, 6) is 0.848. The highest BCUT2D eigenvalue weighted by Gasteiger charge is 2.39. The van der Waals surface area contributed by atoms with E-state index in [4.69, 9.17) is 10.5 Å². The van der Waals surface area contributed by atoms with Crippen LogP contribution in [-0.4, -0.2) is 42.6 Å². The number of nitrogens with two attached hydrogens (primary N) is 1. The third-order valence-corrected chi connectivity index (χ3v) is 5.12. The molecule has 2 heterocycles. The molecule has 0 spiro atoms. The van der Waals surface area contributed by atoms with Crippen LogP contribution in [0.3, 0.4) is 0 Å². The first-order valence-corrected chi connectivity index (χ1v) is 8.42. The van der Waals surface area contributed by atoms with Gasteiger partial charge in [-0.25, -0.2) is 0 Å². The fraction of sp³-hybridized carbons (Fsp3) is 0.611. The summed E-state index contributed by atoms with van der Waals surface area (Å²) in [6, 6.07) is 10.4. The molecule has 2 unspecified atom stereocenters. The molecule has 4 nitrogen and oxygen atoms in total. The molecule has 2 saturated heterocycles. The summed E-state index contributed by atoms with van der Waals surface area (Å²) in [7, 11) is 0. The van der Waals surface area contributed by atoms with Gasteiger partial charge < -0.3 is 15.4 Å². The van der Waals surface area contributed by atoms with Crippen LogP contribution in [0.25, 0.3) is 0 Å². The number of hydrogen-bond donors (Lipinski definition) is 1. The Kier molecular flexibility index (Phi) is 6.45. The monoisotopic (exact) mass is 338 g/mol. The second-order valence-corrected chi connectivity index (χ2v) is 6.49. The maximum absolute atomic E-state index is 12.7. The fourth-order valence-electron chi connectivity index (χ4n) is 3.76. The van der Waals surface area contributed by atoms with Crippen molar-refractivity contribution in [2.24, 2.45) is 11.7 Å². The molecular weight excluding hydrogens is 312 g/mol. The Morgan fingerprint density at radius 1 is 1.26 bits per heavy atom. The molecule has 1 amide bonds. The molecule has 3 rings (SSSR count). The predicted octanol–water partition coefficient (Wildman–Crippen LogP) is 2.57. The van der Waals surface area contributed by atoms with Crippen LogP contribution in [0.5, 0.6) is 0 Å². The number of nitrogens with zero attached hydrogens (tertiary/aromatic N) is 1. The van der Waals surface area contributed by atoms with Crippen molar-refractivity contribution in [1.29, 1.82) is 0 Å². The van der Waals surface area contributed by atoms with Crippen molar-refractivity contribution in [3.05, 3.63) is 35.9 Å². The van der Waals surface area contributed by atoms with Crippen LogP contribution in [-0.2, 0) is 9.53 Å². The number of carbonyl (C=O) groups excluding carboxylic acids is 1. The van der Waals surface area contributed by atoms with E-state index in [1.54, 1.807) is 0 Å². The van der Waals surface area contributed by atoms with Crippen molar-refractivity contribution >= 4 is 18.3 Å². The van der Waals surface area contributed by atoms with Gasteiger partial charge in [-0.2, -0.15) is 0 Å². The number of amides is 1. The fourth-order valence-corrected chi connectivity index (χ4v) is 3.76. The largest absolute Gasteiger partial charge is 0.365 e. The molecule has 0 radical (unpaired) electrons. The average molecular weight is 339 g/mol. The van der Waals surface area contributed by atoms with Gasteiger partial charge in [-0.3, -0.25) is 4.79 Å². The van der Waals surface area contributed by atoms with Crippen molar-refractivity contribution < 1.29 is 9.53 Å². The van der Waals surface area contributed by atoms with Crippen LogP contribution in [0.2, 0.25) is 0 Å². The molecule has 2 aliphatic rings. The maximum Gasteiger partial charge on any atom is 0.251 e. The number of hydrogen-bond acceptors (Lipinski definition) is 3. The van der Waals surface area contributed by atoms with E-state index in [0.29, 0.717) is 18.4 Å². The first-order valence-electron chi connectivity index (χ1n) is 8.42. The lowest BCUT2D eigenvalue weighted by Crippen LogP contribution is -2.38. The summed E-state index contributed by atoms with van der Waals surface area (Å²) in [4.78, 5) is 14.7. The third kappa shape index (κ3) is 3.87. The lowest BCUT2D eigenvalue weighted by Gasteiger charge is -2.21. The van der Waals surface area contributed by atoms with Gasteiger partial charge in [0.05, 0.1) is 6.10 Å². The lowest BCUT2D eigenvalue weighted by atomic mass is 9.89. The van der Waals surface area contributed by atoms with Gasteiger partial charge in [-0.1, -0.05) is 37.3 Å². The van der Waals surface area contributed by atoms with E-state index in [0.717, 1.165) is 32.4 Å². The van der Waals surface area contributed by atoms with Crippen LogP contribution >= 0.6 is 12.4 Å². The Bertz CT molecular complexity index is 511. The van der Waals surface area contributed by atoms with Crippen LogP contribution in [0.1, 0.15) is 37.7 Å². The second kappa shape index (κ2) is 8.13. The predicted molar refractivity (Wildman–Crippen MR) is 93.7 cm³/mol. The number of rotatable bonds is 4. The average Bonchev–Trinajstić information content (AvgIpc) is 3.21. The molecule has 2 aliphatic heterocycles. The highest BCUT2D eigenvalue weighted by atomic mass is 35.5. The number of halogens is 1. The second-order valence-electron chi connectivity index (χ2n) is 6.49. The van der Waals surface area contributed by atoms with Gasteiger partial charge >= 0.3 is 0 Å². The van der Waals surface area contributed by atoms with Crippen molar-refractivity contribution in [2.45, 2.75) is 44.3 Å².